The Balaban J connectivity index is 2.22. The molecular formula is C12H8F2N2O. The van der Waals surface area contributed by atoms with Crippen molar-refractivity contribution in [2.75, 3.05) is 5.32 Å². The molecule has 1 N–H and O–H groups in total. The van der Waals surface area contributed by atoms with Crippen LogP contribution in [-0.2, 0) is 0 Å². The van der Waals surface area contributed by atoms with E-state index in [9.17, 15) is 13.6 Å². The van der Waals surface area contributed by atoms with Gasteiger partial charge in [0.15, 0.2) is 11.6 Å². The molecular weight excluding hydrogens is 226 g/mol. The van der Waals surface area contributed by atoms with E-state index < -0.39 is 17.5 Å². The van der Waals surface area contributed by atoms with Crippen LogP contribution >= 0.6 is 0 Å². The number of hydrogen-bond donors (Lipinski definition) is 1. The van der Waals surface area contributed by atoms with Gasteiger partial charge in [-0.05, 0) is 24.3 Å². The fourth-order valence-electron chi connectivity index (χ4n) is 1.29. The Morgan fingerprint density at radius 3 is 2.71 bits per heavy atom. The van der Waals surface area contributed by atoms with E-state index in [0.717, 1.165) is 6.07 Å². The number of nitrogens with one attached hydrogen (secondary N) is 1. The van der Waals surface area contributed by atoms with Gasteiger partial charge in [0.2, 0.25) is 0 Å². The number of nitrogens with zero attached hydrogens (tertiary/aromatic N) is 1. The van der Waals surface area contributed by atoms with Crippen LogP contribution in [0.5, 0.6) is 0 Å². The van der Waals surface area contributed by atoms with E-state index in [1.807, 2.05) is 0 Å². The molecule has 0 aliphatic rings. The van der Waals surface area contributed by atoms with Crippen molar-refractivity contribution in [1.29, 1.82) is 0 Å². The van der Waals surface area contributed by atoms with Crippen LogP contribution < -0.4 is 5.32 Å². The predicted octanol–water partition coefficient (Wildman–Crippen LogP) is 2.61. The molecule has 0 fully saturated rings. The van der Waals surface area contributed by atoms with Gasteiger partial charge in [-0.25, -0.2) is 8.78 Å². The number of halogens is 2. The Morgan fingerprint density at radius 2 is 2.00 bits per heavy atom. The van der Waals surface area contributed by atoms with Gasteiger partial charge in [0.25, 0.3) is 5.91 Å². The predicted molar refractivity (Wildman–Crippen MR) is 58.5 cm³/mol. The summed E-state index contributed by atoms with van der Waals surface area (Å²) in [5.41, 5.74) is 0.0787. The first-order chi connectivity index (χ1) is 8.18. The van der Waals surface area contributed by atoms with E-state index in [0.29, 0.717) is 0 Å². The molecule has 1 aromatic heterocycles. The summed E-state index contributed by atoms with van der Waals surface area (Å²) in [5, 5.41) is 2.27. The standard InChI is InChI=1S/C12H8F2N2O/c13-9-4-1-5-10(11(9)14)16-12(17)8-3-2-6-15-7-8/h1-7H,(H,16,17). The molecule has 0 spiro atoms. The number of benzene rings is 1. The molecule has 1 aromatic carbocycles. The molecule has 17 heavy (non-hydrogen) atoms. The van der Waals surface area contributed by atoms with Gasteiger partial charge in [-0.3, -0.25) is 9.78 Å². The van der Waals surface area contributed by atoms with E-state index in [4.69, 9.17) is 0 Å². The van der Waals surface area contributed by atoms with Gasteiger partial charge in [0, 0.05) is 12.4 Å². The highest BCUT2D eigenvalue weighted by Gasteiger charge is 2.11. The molecule has 0 bridgehead atoms. The number of pyridine rings is 1. The van der Waals surface area contributed by atoms with E-state index in [2.05, 4.69) is 10.3 Å². The van der Waals surface area contributed by atoms with E-state index >= 15 is 0 Å². The summed E-state index contributed by atoms with van der Waals surface area (Å²) >= 11 is 0. The third-order valence-electron chi connectivity index (χ3n) is 2.12. The Morgan fingerprint density at radius 1 is 1.18 bits per heavy atom. The van der Waals surface area contributed by atoms with Crippen molar-refractivity contribution in [1.82, 2.24) is 4.98 Å². The Hall–Kier alpha value is -2.30. The third kappa shape index (κ3) is 2.44. The summed E-state index contributed by atoms with van der Waals surface area (Å²) in [6, 6.07) is 6.69. The lowest BCUT2D eigenvalue weighted by molar-refractivity contribution is 0.102. The SMILES string of the molecule is O=C(Nc1cccc(F)c1F)c1cccnc1. The van der Waals surface area contributed by atoms with Crippen LogP contribution in [0.3, 0.4) is 0 Å². The maximum Gasteiger partial charge on any atom is 0.257 e. The van der Waals surface area contributed by atoms with Crippen LogP contribution in [0.25, 0.3) is 0 Å². The lowest BCUT2D eigenvalue weighted by atomic mass is 10.2. The summed E-state index contributed by atoms with van der Waals surface area (Å²) in [5.74, 6) is -2.62. The fourth-order valence-corrected chi connectivity index (χ4v) is 1.29. The molecule has 2 aromatic rings. The minimum atomic E-state index is -1.08. The summed E-state index contributed by atoms with van der Waals surface area (Å²) in [7, 11) is 0. The molecule has 1 amide bonds. The average Bonchev–Trinajstić information content (AvgIpc) is 2.36. The van der Waals surface area contributed by atoms with Crippen molar-refractivity contribution in [2.45, 2.75) is 0 Å². The molecule has 0 saturated heterocycles. The smallest absolute Gasteiger partial charge is 0.257 e. The van der Waals surface area contributed by atoms with Crippen LogP contribution in [0, 0.1) is 11.6 Å². The van der Waals surface area contributed by atoms with Gasteiger partial charge in [0.1, 0.15) is 0 Å². The van der Waals surface area contributed by atoms with Gasteiger partial charge in [-0.1, -0.05) is 6.07 Å². The second kappa shape index (κ2) is 4.69. The molecule has 86 valence electrons. The quantitative estimate of drug-likeness (QED) is 0.867. The lowest BCUT2D eigenvalue weighted by Crippen LogP contribution is -2.13. The van der Waals surface area contributed by atoms with Crippen molar-refractivity contribution in [3.8, 4) is 0 Å². The Bertz CT molecular complexity index is 543. The molecule has 0 radical (unpaired) electrons. The highest BCUT2D eigenvalue weighted by molar-refractivity contribution is 6.04. The Kier molecular flexibility index (Phi) is 3.09. The van der Waals surface area contributed by atoms with Gasteiger partial charge in [-0.15, -0.1) is 0 Å². The largest absolute Gasteiger partial charge is 0.319 e. The number of rotatable bonds is 2. The van der Waals surface area contributed by atoms with Crippen LogP contribution in [0.15, 0.2) is 42.7 Å². The Labute approximate surface area is 96.1 Å². The first kappa shape index (κ1) is 11.2. The first-order valence-electron chi connectivity index (χ1n) is 4.84. The molecule has 3 nitrogen and oxygen atoms in total. The number of aromatic nitrogens is 1. The van der Waals surface area contributed by atoms with E-state index in [1.54, 1.807) is 6.07 Å². The van der Waals surface area contributed by atoms with Crippen molar-refractivity contribution in [2.24, 2.45) is 0 Å². The molecule has 0 unspecified atom stereocenters. The van der Waals surface area contributed by atoms with E-state index in [1.165, 1.54) is 30.6 Å². The maximum absolute atomic E-state index is 13.3. The first-order valence-corrected chi connectivity index (χ1v) is 4.84. The van der Waals surface area contributed by atoms with Crippen LogP contribution in [-0.4, -0.2) is 10.9 Å². The molecule has 1 heterocycles. The second-order valence-electron chi connectivity index (χ2n) is 3.30. The van der Waals surface area contributed by atoms with Crippen molar-refractivity contribution in [3.63, 3.8) is 0 Å². The molecule has 2 rings (SSSR count). The zero-order valence-corrected chi connectivity index (χ0v) is 8.65. The van der Waals surface area contributed by atoms with Gasteiger partial charge in [0.05, 0.1) is 11.3 Å². The fraction of sp³-hybridized carbons (Fsp3) is 0. The summed E-state index contributed by atoms with van der Waals surface area (Å²) in [6.07, 6.45) is 2.85. The topological polar surface area (TPSA) is 42.0 Å². The number of amides is 1. The van der Waals surface area contributed by atoms with E-state index in [-0.39, 0.29) is 11.3 Å². The van der Waals surface area contributed by atoms with Crippen molar-refractivity contribution < 1.29 is 13.6 Å². The van der Waals surface area contributed by atoms with Crippen LogP contribution in [0.1, 0.15) is 10.4 Å². The molecule has 5 heteroatoms. The number of carbonyl (C=O) groups excluding carboxylic acids is 1. The lowest BCUT2D eigenvalue weighted by Gasteiger charge is -2.06. The van der Waals surface area contributed by atoms with Crippen LogP contribution in [0.4, 0.5) is 14.5 Å². The van der Waals surface area contributed by atoms with Crippen molar-refractivity contribution >= 4 is 11.6 Å². The van der Waals surface area contributed by atoms with Crippen molar-refractivity contribution in [3.05, 3.63) is 59.9 Å². The molecule has 0 atom stereocenters. The number of hydrogen-bond acceptors (Lipinski definition) is 2. The van der Waals surface area contributed by atoms with Gasteiger partial charge >= 0.3 is 0 Å². The average molecular weight is 234 g/mol. The molecule has 0 saturated carbocycles. The highest BCUT2D eigenvalue weighted by atomic mass is 19.2. The minimum absolute atomic E-state index is 0.196. The number of anilines is 1. The minimum Gasteiger partial charge on any atom is -0.319 e. The zero-order chi connectivity index (χ0) is 12.3. The molecule has 0 aliphatic carbocycles. The second-order valence-corrected chi connectivity index (χ2v) is 3.30. The summed E-state index contributed by atoms with van der Waals surface area (Å²) in [6.45, 7) is 0. The van der Waals surface area contributed by atoms with Crippen LogP contribution in [0.2, 0.25) is 0 Å². The summed E-state index contributed by atoms with van der Waals surface area (Å²) in [4.78, 5) is 15.4. The normalized spacial score (nSPS) is 10.0. The summed E-state index contributed by atoms with van der Waals surface area (Å²) < 4.78 is 26.2. The third-order valence-corrected chi connectivity index (χ3v) is 2.12. The number of carbonyl (C=O) groups is 1. The highest BCUT2D eigenvalue weighted by Crippen LogP contribution is 2.17. The van der Waals surface area contributed by atoms with Gasteiger partial charge < -0.3 is 5.32 Å². The monoisotopic (exact) mass is 234 g/mol. The molecule has 0 aliphatic heterocycles. The zero-order valence-electron chi connectivity index (χ0n) is 8.65. The van der Waals surface area contributed by atoms with Gasteiger partial charge in [-0.2, -0.15) is 0 Å². The maximum atomic E-state index is 13.3.